The lowest BCUT2D eigenvalue weighted by atomic mass is 9.95. The van der Waals surface area contributed by atoms with E-state index in [-0.39, 0.29) is 0 Å². The summed E-state index contributed by atoms with van der Waals surface area (Å²) in [4.78, 5) is 0. The van der Waals surface area contributed by atoms with Gasteiger partial charge in [0.25, 0.3) is 0 Å². The first-order valence-electron chi connectivity index (χ1n) is 6.94. The Hall–Kier alpha value is -1.60. The van der Waals surface area contributed by atoms with E-state index >= 15 is 0 Å². The molecule has 0 heterocycles. The van der Waals surface area contributed by atoms with E-state index in [2.05, 4.69) is 57.2 Å². The predicted octanol–water partition coefficient (Wildman–Crippen LogP) is 3.70. The summed E-state index contributed by atoms with van der Waals surface area (Å²) in [6.45, 7) is 7.27. The molecule has 0 fully saturated rings. The van der Waals surface area contributed by atoms with Gasteiger partial charge in [-0.2, -0.15) is 0 Å². The molecule has 0 aliphatic rings. The molecule has 0 aromatic heterocycles. The van der Waals surface area contributed by atoms with E-state index in [9.17, 15) is 0 Å². The van der Waals surface area contributed by atoms with E-state index in [1.807, 2.05) is 0 Å². The molecule has 0 radical (unpaired) electrons. The maximum absolute atomic E-state index is 5.57. The number of hydrogen-bond donors (Lipinski definition) is 1. The van der Waals surface area contributed by atoms with Crippen LogP contribution in [0.2, 0.25) is 0 Å². The first-order chi connectivity index (χ1) is 9.10. The second-order valence-corrected chi connectivity index (χ2v) is 5.39. The van der Waals surface area contributed by atoms with Gasteiger partial charge in [0, 0.05) is 0 Å². The third-order valence-corrected chi connectivity index (χ3v) is 3.80. The maximum Gasteiger partial charge on any atom is -0.00230 e. The molecular weight excluding hydrogens is 230 g/mol. The van der Waals surface area contributed by atoms with E-state index in [0.717, 1.165) is 19.4 Å². The molecule has 19 heavy (non-hydrogen) atoms. The van der Waals surface area contributed by atoms with Gasteiger partial charge in [0.15, 0.2) is 0 Å². The molecule has 0 bridgehead atoms. The Morgan fingerprint density at radius 1 is 0.789 bits per heavy atom. The highest BCUT2D eigenvalue weighted by atomic mass is 14.5. The van der Waals surface area contributed by atoms with Crippen molar-refractivity contribution in [3.05, 3.63) is 69.8 Å². The standard InChI is InChI=1S/C18H23N/c1-13-10-15(3)18(11-14(13)2)12-17-6-4-16(5-7-17)8-9-19/h4-7,10-11H,8-9,12,19H2,1-3H3. The molecule has 2 aromatic rings. The van der Waals surface area contributed by atoms with Gasteiger partial charge in [0.2, 0.25) is 0 Å². The van der Waals surface area contributed by atoms with E-state index < -0.39 is 0 Å². The molecular formula is C18H23N. The highest BCUT2D eigenvalue weighted by molar-refractivity contribution is 5.39. The van der Waals surface area contributed by atoms with Gasteiger partial charge >= 0.3 is 0 Å². The van der Waals surface area contributed by atoms with Crippen molar-refractivity contribution >= 4 is 0 Å². The summed E-state index contributed by atoms with van der Waals surface area (Å²) in [6, 6.07) is 13.4. The quantitative estimate of drug-likeness (QED) is 0.883. The molecule has 1 nitrogen and oxygen atoms in total. The molecule has 0 atom stereocenters. The predicted molar refractivity (Wildman–Crippen MR) is 82.7 cm³/mol. The van der Waals surface area contributed by atoms with Crippen molar-refractivity contribution in [3.8, 4) is 0 Å². The number of hydrogen-bond acceptors (Lipinski definition) is 1. The van der Waals surface area contributed by atoms with Gasteiger partial charge in [0.1, 0.15) is 0 Å². The Balaban J connectivity index is 2.19. The third kappa shape index (κ3) is 3.45. The van der Waals surface area contributed by atoms with Crippen molar-refractivity contribution in [2.24, 2.45) is 5.73 Å². The van der Waals surface area contributed by atoms with Crippen LogP contribution in [0.4, 0.5) is 0 Å². The average Bonchev–Trinajstić information content (AvgIpc) is 2.38. The lowest BCUT2D eigenvalue weighted by Gasteiger charge is -2.10. The fraction of sp³-hybridized carbons (Fsp3) is 0.333. The summed E-state index contributed by atoms with van der Waals surface area (Å²) in [5.41, 5.74) is 13.8. The number of rotatable bonds is 4. The molecule has 2 rings (SSSR count). The Morgan fingerprint density at radius 2 is 1.37 bits per heavy atom. The Bertz CT molecular complexity index is 553. The number of aryl methyl sites for hydroxylation is 3. The van der Waals surface area contributed by atoms with Crippen molar-refractivity contribution in [2.45, 2.75) is 33.6 Å². The number of benzene rings is 2. The number of nitrogens with two attached hydrogens (primary N) is 1. The first-order valence-corrected chi connectivity index (χ1v) is 6.94. The summed E-state index contributed by atoms with van der Waals surface area (Å²) in [5, 5.41) is 0. The molecule has 1 heteroatoms. The molecule has 0 spiro atoms. The molecule has 0 unspecified atom stereocenters. The minimum absolute atomic E-state index is 0.718. The van der Waals surface area contributed by atoms with Crippen molar-refractivity contribution in [1.29, 1.82) is 0 Å². The van der Waals surface area contributed by atoms with Gasteiger partial charge in [-0.15, -0.1) is 0 Å². The minimum Gasteiger partial charge on any atom is -0.330 e. The van der Waals surface area contributed by atoms with Crippen LogP contribution in [0, 0.1) is 20.8 Å². The average molecular weight is 253 g/mol. The van der Waals surface area contributed by atoms with Crippen LogP contribution in [-0.4, -0.2) is 6.54 Å². The van der Waals surface area contributed by atoms with E-state index in [0.29, 0.717) is 0 Å². The van der Waals surface area contributed by atoms with Crippen molar-refractivity contribution in [3.63, 3.8) is 0 Å². The first kappa shape index (κ1) is 13.8. The zero-order valence-electron chi connectivity index (χ0n) is 12.2. The SMILES string of the molecule is Cc1cc(C)c(Cc2ccc(CCN)cc2)cc1C. The summed E-state index contributed by atoms with van der Waals surface area (Å²) in [7, 11) is 0. The molecule has 0 saturated carbocycles. The van der Waals surface area contributed by atoms with E-state index in [4.69, 9.17) is 5.73 Å². The molecule has 0 aliphatic carbocycles. The van der Waals surface area contributed by atoms with Crippen LogP contribution in [0.25, 0.3) is 0 Å². The highest BCUT2D eigenvalue weighted by Crippen LogP contribution is 2.19. The fourth-order valence-corrected chi connectivity index (χ4v) is 2.42. The molecule has 100 valence electrons. The van der Waals surface area contributed by atoms with Gasteiger partial charge in [-0.05, 0) is 73.5 Å². The largest absolute Gasteiger partial charge is 0.330 e. The summed E-state index contributed by atoms with van der Waals surface area (Å²) in [5.74, 6) is 0. The van der Waals surface area contributed by atoms with Crippen LogP contribution in [-0.2, 0) is 12.8 Å². The molecule has 2 aromatic carbocycles. The second kappa shape index (κ2) is 6.03. The molecule has 0 aliphatic heterocycles. The highest BCUT2D eigenvalue weighted by Gasteiger charge is 2.03. The molecule has 0 amide bonds. The summed E-state index contributed by atoms with van der Waals surface area (Å²) >= 11 is 0. The van der Waals surface area contributed by atoms with Gasteiger partial charge in [-0.3, -0.25) is 0 Å². The van der Waals surface area contributed by atoms with Crippen molar-refractivity contribution in [2.75, 3.05) is 6.54 Å². The Kier molecular flexibility index (Phi) is 4.39. The van der Waals surface area contributed by atoms with E-state index in [1.165, 1.54) is 33.4 Å². The maximum atomic E-state index is 5.57. The van der Waals surface area contributed by atoms with Crippen LogP contribution in [0.1, 0.15) is 33.4 Å². The van der Waals surface area contributed by atoms with Gasteiger partial charge < -0.3 is 5.73 Å². The zero-order chi connectivity index (χ0) is 13.8. The van der Waals surface area contributed by atoms with Crippen molar-refractivity contribution in [1.82, 2.24) is 0 Å². The minimum atomic E-state index is 0.718. The van der Waals surface area contributed by atoms with Crippen LogP contribution in [0.5, 0.6) is 0 Å². The Morgan fingerprint density at radius 3 is 2.00 bits per heavy atom. The van der Waals surface area contributed by atoms with Crippen molar-refractivity contribution < 1.29 is 0 Å². The smallest absolute Gasteiger partial charge is 0.00230 e. The molecule has 2 N–H and O–H groups in total. The van der Waals surface area contributed by atoms with Gasteiger partial charge in [-0.1, -0.05) is 36.4 Å². The fourth-order valence-electron chi connectivity index (χ4n) is 2.42. The van der Waals surface area contributed by atoms with Crippen LogP contribution >= 0.6 is 0 Å². The normalized spacial score (nSPS) is 10.7. The topological polar surface area (TPSA) is 26.0 Å². The third-order valence-electron chi connectivity index (χ3n) is 3.80. The lowest BCUT2D eigenvalue weighted by molar-refractivity contribution is 0.966. The van der Waals surface area contributed by atoms with Crippen LogP contribution in [0.15, 0.2) is 36.4 Å². The summed E-state index contributed by atoms with van der Waals surface area (Å²) in [6.07, 6.45) is 1.97. The lowest BCUT2D eigenvalue weighted by Crippen LogP contribution is -2.02. The van der Waals surface area contributed by atoms with Crippen LogP contribution < -0.4 is 5.73 Å². The Labute approximate surface area is 116 Å². The monoisotopic (exact) mass is 253 g/mol. The summed E-state index contributed by atoms with van der Waals surface area (Å²) < 4.78 is 0. The van der Waals surface area contributed by atoms with Gasteiger partial charge in [-0.25, -0.2) is 0 Å². The second-order valence-electron chi connectivity index (χ2n) is 5.39. The zero-order valence-corrected chi connectivity index (χ0v) is 12.2. The van der Waals surface area contributed by atoms with Gasteiger partial charge in [0.05, 0.1) is 0 Å². The van der Waals surface area contributed by atoms with E-state index in [1.54, 1.807) is 0 Å². The van der Waals surface area contributed by atoms with Crippen LogP contribution in [0.3, 0.4) is 0 Å². The molecule has 0 saturated heterocycles.